The highest BCUT2D eigenvalue weighted by molar-refractivity contribution is 5.27. The molecule has 0 aliphatic carbocycles. The summed E-state index contributed by atoms with van der Waals surface area (Å²) in [6, 6.07) is 3.72. The van der Waals surface area contributed by atoms with Crippen molar-refractivity contribution in [1.29, 1.82) is 0 Å². The van der Waals surface area contributed by atoms with Crippen LogP contribution in [0.3, 0.4) is 0 Å². The highest BCUT2D eigenvalue weighted by Crippen LogP contribution is 2.01. The van der Waals surface area contributed by atoms with Crippen LogP contribution in [-0.4, -0.2) is 12.1 Å². The molecule has 0 radical (unpaired) electrons. The largest absolute Gasteiger partial charge is 0.380 e. The lowest BCUT2D eigenvalue weighted by Crippen LogP contribution is -1.89. The highest BCUT2D eigenvalue weighted by Gasteiger charge is 1.92. The van der Waals surface area contributed by atoms with Crippen LogP contribution in [0.15, 0.2) is 18.3 Å². The van der Waals surface area contributed by atoms with Crippen molar-refractivity contribution < 1.29 is 4.74 Å². The minimum Gasteiger partial charge on any atom is -0.380 e. The van der Waals surface area contributed by atoms with Crippen molar-refractivity contribution in [3.05, 3.63) is 29.6 Å². The van der Waals surface area contributed by atoms with E-state index in [1.807, 2.05) is 12.1 Å². The fraction of sp³-hybridized carbons (Fsp3) is 0.222. The van der Waals surface area contributed by atoms with Crippen molar-refractivity contribution in [3.63, 3.8) is 0 Å². The van der Waals surface area contributed by atoms with Crippen LogP contribution in [0.1, 0.15) is 11.3 Å². The third-order valence-corrected chi connectivity index (χ3v) is 1.28. The molecule has 2 heteroatoms. The van der Waals surface area contributed by atoms with Crippen molar-refractivity contribution in [2.45, 2.75) is 6.61 Å². The molecular formula is C9H9NO. The summed E-state index contributed by atoms with van der Waals surface area (Å²) in [4.78, 5) is 3.95. The standard InChI is InChI=1S/C9H9NO/c1-3-9-6-8(7-11-2)4-5-10-9/h1,4-6H,7H2,2H3. The maximum absolute atomic E-state index is 5.16. The molecular weight excluding hydrogens is 138 g/mol. The third-order valence-electron chi connectivity index (χ3n) is 1.28. The Morgan fingerprint density at radius 3 is 3.18 bits per heavy atom. The second kappa shape index (κ2) is 3.75. The number of ether oxygens (including phenoxy) is 1. The molecule has 0 spiro atoms. The van der Waals surface area contributed by atoms with Crippen molar-refractivity contribution >= 4 is 0 Å². The van der Waals surface area contributed by atoms with Crippen LogP contribution < -0.4 is 0 Å². The second-order valence-corrected chi connectivity index (χ2v) is 2.13. The summed E-state index contributed by atoms with van der Waals surface area (Å²) in [6.45, 7) is 0.581. The molecule has 1 rings (SSSR count). The van der Waals surface area contributed by atoms with Gasteiger partial charge in [0.2, 0.25) is 0 Å². The summed E-state index contributed by atoms with van der Waals surface area (Å²) in [5.74, 6) is 2.46. The average Bonchev–Trinajstić information content (AvgIpc) is 2.06. The van der Waals surface area contributed by atoms with Gasteiger partial charge in [0.1, 0.15) is 5.69 Å². The molecule has 0 saturated heterocycles. The lowest BCUT2D eigenvalue weighted by atomic mass is 10.2. The Kier molecular flexibility index (Phi) is 2.65. The number of methoxy groups -OCH3 is 1. The molecule has 0 aliphatic heterocycles. The maximum atomic E-state index is 5.16. The quantitative estimate of drug-likeness (QED) is 0.586. The highest BCUT2D eigenvalue weighted by atomic mass is 16.5. The Morgan fingerprint density at radius 2 is 2.55 bits per heavy atom. The number of terminal acetylenes is 1. The minimum atomic E-state index is 0.581. The van der Waals surface area contributed by atoms with E-state index in [-0.39, 0.29) is 0 Å². The molecule has 2 nitrogen and oxygen atoms in total. The van der Waals surface area contributed by atoms with Gasteiger partial charge < -0.3 is 4.74 Å². The molecule has 1 aromatic rings. The first-order chi connectivity index (χ1) is 5.36. The number of pyridine rings is 1. The predicted octanol–water partition coefficient (Wildman–Crippen LogP) is 1.21. The van der Waals surface area contributed by atoms with Gasteiger partial charge in [-0.15, -0.1) is 6.42 Å². The number of hydrogen-bond donors (Lipinski definition) is 0. The van der Waals surface area contributed by atoms with E-state index in [2.05, 4.69) is 10.9 Å². The summed E-state index contributed by atoms with van der Waals surface area (Å²) >= 11 is 0. The van der Waals surface area contributed by atoms with Gasteiger partial charge in [-0.1, -0.05) is 5.92 Å². The zero-order chi connectivity index (χ0) is 8.10. The van der Waals surface area contributed by atoms with Crippen LogP contribution in [-0.2, 0) is 11.3 Å². The van der Waals surface area contributed by atoms with Crippen LogP contribution >= 0.6 is 0 Å². The van der Waals surface area contributed by atoms with Gasteiger partial charge in [0, 0.05) is 13.3 Å². The van der Waals surface area contributed by atoms with E-state index in [1.165, 1.54) is 0 Å². The van der Waals surface area contributed by atoms with E-state index in [0.29, 0.717) is 12.3 Å². The number of rotatable bonds is 2. The first kappa shape index (κ1) is 7.77. The topological polar surface area (TPSA) is 22.1 Å². The Morgan fingerprint density at radius 1 is 1.73 bits per heavy atom. The maximum Gasteiger partial charge on any atom is 0.113 e. The average molecular weight is 147 g/mol. The fourth-order valence-corrected chi connectivity index (χ4v) is 0.810. The SMILES string of the molecule is C#Cc1cc(COC)ccn1. The lowest BCUT2D eigenvalue weighted by molar-refractivity contribution is 0.185. The predicted molar refractivity (Wildman–Crippen MR) is 42.9 cm³/mol. The van der Waals surface area contributed by atoms with Crippen molar-refractivity contribution in [3.8, 4) is 12.3 Å². The zero-order valence-electron chi connectivity index (χ0n) is 6.37. The Hall–Kier alpha value is -1.33. The Bertz CT molecular complexity index is 275. The molecule has 1 aromatic heterocycles. The van der Waals surface area contributed by atoms with E-state index in [9.17, 15) is 0 Å². The molecule has 0 bridgehead atoms. The van der Waals surface area contributed by atoms with Crippen molar-refractivity contribution in [2.24, 2.45) is 0 Å². The Labute approximate surface area is 66.2 Å². The molecule has 0 unspecified atom stereocenters. The van der Waals surface area contributed by atoms with Crippen LogP contribution in [0, 0.1) is 12.3 Å². The van der Waals surface area contributed by atoms with E-state index in [0.717, 1.165) is 5.56 Å². The summed E-state index contributed by atoms with van der Waals surface area (Å²) in [5, 5.41) is 0. The van der Waals surface area contributed by atoms with Crippen molar-refractivity contribution in [1.82, 2.24) is 4.98 Å². The summed E-state index contributed by atoms with van der Waals surface area (Å²) < 4.78 is 4.93. The lowest BCUT2D eigenvalue weighted by Gasteiger charge is -1.97. The molecule has 0 aromatic carbocycles. The first-order valence-electron chi connectivity index (χ1n) is 3.27. The summed E-state index contributed by atoms with van der Waals surface area (Å²) in [6.07, 6.45) is 6.85. The van der Waals surface area contributed by atoms with E-state index in [1.54, 1.807) is 13.3 Å². The summed E-state index contributed by atoms with van der Waals surface area (Å²) in [7, 11) is 1.65. The van der Waals surface area contributed by atoms with Crippen LogP contribution in [0.25, 0.3) is 0 Å². The fourth-order valence-electron chi connectivity index (χ4n) is 0.810. The van der Waals surface area contributed by atoms with Gasteiger partial charge >= 0.3 is 0 Å². The van der Waals surface area contributed by atoms with Crippen molar-refractivity contribution in [2.75, 3.05) is 7.11 Å². The van der Waals surface area contributed by atoms with E-state index in [4.69, 9.17) is 11.2 Å². The molecule has 0 saturated carbocycles. The third kappa shape index (κ3) is 2.06. The van der Waals surface area contributed by atoms with Crippen LogP contribution in [0.5, 0.6) is 0 Å². The minimum absolute atomic E-state index is 0.581. The first-order valence-corrected chi connectivity index (χ1v) is 3.27. The van der Waals surface area contributed by atoms with Gasteiger partial charge in [-0.05, 0) is 17.7 Å². The van der Waals surface area contributed by atoms with Gasteiger partial charge in [-0.3, -0.25) is 0 Å². The van der Waals surface area contributed by atoms with Crippen LogP contribution in [0.2, 0.25) is 0 Å². The summed E-state index contributed by atoms with van der Waals surface area (Å²) in [5.41, 5.74) is 1.70. The van der Waals surface area contributed by atoms with Gasteiger partial charge in [-0.25, -0.2) is 4.98 Å². The molecule has 0 amide bonds. The second-order valence-electron chi connectivity index (χ2n) is 2.13. The van der Waals surface area contributed by atoms with Gasteiger partial charge in [0.05, 0.1) is 6.61 Å². The molecule has 0 atom stereocenters. The van der Waals surface area contributed by atoms with E-state index < -0.39 is 0 Å². The molecule has 0 fully saturated rings. The molecule has 11 heavy (non-hydrogen) atoms. The zero-order valence-corrected chi connectivity index (χ0v) is 6.37. The Balaban J connectivity index is 2.85. The van der Waals surface area contributed by atoms with Gasteiger partial charge in [0.25, 0.3) is 0 Å². The van der Waals surface area contributed by atoms with Crippen LogP contribution in [0.4, 0.5) is 0 Å². The van der Waals surface area contributed by atoms with E-state index >= 15 is 0 Å². The molecule has 1 heterocycles. The molecule has 56 valence electrons. The molecule has 0 aliphatic rings. The van der Waals surface area contributed by atoms with Gasteiger partial charge in [-0.2, -0.15) is 0 Å². The van der Waals surface area contributed by atoms with Gasteiger partial charge in [0.15, 0.2) is 0 Å². The molecule has 0 N–H and O–H groups in total. The normalized spacial score (nSPS) is 9.09. The monoisotopic (exact) mass is 147 g/mol. The number of hydrogen-bond acceptors (Lipinski definition) is 2. The number of aromatic nitrogens is 1. The smallest absolute Gasteiger partial charge is 0.113 e. The number of nitrogens with zero attached hydrogens (tertiary/aromatic N) is 1.